The van der Waals surface area contributed by atoms with Crippen molar-refractivity contribution in [3.63, 3.8) is 0 Å². The number of hydrogen-bond donors (Lipinski definition) is 0. The van der Waals surface area contributed by atoms with Gasteiger partial charge >= 0.3 is 0 Å². The maximum atomic E-state index is 11.5. The number of nitrogens with zero attached hydrogens (tertiary/aromatic N) is 2. The van der Waals surface area contributed by atoms with Gasteiger partial charge in [0.15, 0.2) is 0 Å². The molecule has 0 aliphatic heterocycles. The standard InChI is InChI=1S/C13H14Cl2N2O3S/c1-2-5-17-9-16-7-11(17)8-20-12-4-3-10(14)6-13(12)21(15,18)19/h3-4,6-7,9H,2,5,8H2,1H3. The summed E-state index contributed by atoms with van der Waals surface area (Å²) in [6.45, 7) is 3.07. The Labute approximate surface area is 132 Å². The van der Waals surface area contributed by atoms with E-state index in [9.17, 15) is 8.42 Å². The molecule has 21 heavy (non-hydrogen) atoms. The van der Waals surface area contributed by atoms with E-state index in [0.29, 0.717) is 0 Å². The van der Waals surface area contributed by atoms with Crippen LogP contribution in [-0.2, 0) is 22.2 Å². The van der Waals surface area contributed by atoms with E-state index < -0.39 is 9.05 Å². The topological polar surface area (TPSA) is 61.2 Å². The van der Waals surface area contributed by atoms with Gasteiger partial charge in [0.1, 0.15) is 17.3 Å². The third kappa shape index (κ3) is 4.12. The molecule has 1 heterocycles. The molecule has 0 N–H and O–H groups in total. The minimum Gasteiger partial charge on any atom is -0.486 e. The Morgan fingerprint density at radius 3 is 2.81 bits per heavy atom. The van der Waals surface area contributed by atoms with E-state index in [-0.39, 0.29) is 22.3 Å². The van der Waals surface area contributed by atoms with E-state index in [0.717, 1.165) is 18.7 Å². The fourth-order valence-corrected chi connectivity index (χ4v) is 3.09. The second-order valence-corrected chi connectivity index (χ2v) is 7.37. The zero-order valence-electron chi connectivity index (χ0n) is 11.3. The third-order valence-corrected chi connectivity index (χ3v) is 4.39. The number of aryl methyl sites for hydroxylation is 1. The molecule has 0 amide bonds. The fourth-order valence-electron chi connectivity index (χ4n) is 1.85. The molecule has 0 bridgehead atoms. The first-order valence-electron chi connectivity index (χ1n) is 6.28. The van der Waals surface area contributed by atoms with Crippen LogP contribution < -0.4 is 4.74 Å². The Morgan fingerprint density at radius 1 is 1.38 bits per heavy atom. The smallest absolute Gasteiger partial charge is 0.265 e. The summed E-state index contributed by atoms with van der Waals surface area (Å²) < 4.78 is 30.6. The SMILES string of the molecule is CCCn1cncc1COc1ccc(Cl)cc1S(=O)(=O)Cl. The van der Waals surface area contributed by atoms with Crippen LogP contribution in [0, 0.1) is 0 Å². The van der Waals surface area contributed by atoms with Crippen LogP contribution in [0.4, 0.5) is 0 Å². The molecular weight excluding hydrogens is 335 g/mol. The molecule has 0 atom stereocenters. The number of halogens is 2. The second kappa shape index (κ2) is 6.68. The first-order valence-corrected chi connectivity index (χ1v) is 8.96. The van der Waals surface area contributed by atoms with Crippen molar-refractivity contribution in [2.24, 2.45) is 0 Å². The van der Waals surface area contributed by atoms with Gasteiger partial charge in [0.2, 0.25) is 0 Å². The van der Waals surface area contributed by atoms with E-state index in [4.69, 9.17) is 27.0 Å². The number of ether oxygens (including phenoxy) is 1. The second-order valence-electron chi connectivity index (χ2n) is 4.40. The van der Waals surface area contributed by atoms with Crippen LogP contribution in [0.3, 0.4) is 0 Å². The molecule has 0 unspecified atom stereocenters. The maximum Gasteiger partial charge on any atom is 0.265 e. The minimum absolute atomic E-state index is 0.141. The van der Waals surface area contributed by atoms with Crippen molar-refractivity contribution < 1.29 is 13.2 Å². The molecule has 2 rings (SSSR count). The molecule has 0 saturated carbocycles. The van der Waals surface area contributed by atoms with E-state index in [1.807, 2.05) is 4.57 Å². The van der Waals surface area contributed by atoms with Crippen molar-refractivity contribution in [2.45, 2.75) is 31.4 Å². The summed E-state index contributed by atoms with van der Waals surface area (Å²) >= 11 is 5.80. The Morgan fingerprint density at radius 2 is 2.14 bits per heavy atom. The molecule has 1 aromatic carbocycles. The molecule has 0 spiro atoms. The van der Waals surface area contributed by atoms with Crippen molar-refractivity contribution >= 4 is 31.3 Å². The van der Waals surface area contributed by atoms with Gasteiger partial charge in [-0.3, -0.25) is 0 Å². The Bertz CT molecular complexity index is 729. The number of hydrogen-bond acceptors (Lipinski definition) is 4. The monoisotopic (exact) mass is 348 g/mol. The van der Waals surface area contributed by atoms with Crippen LogP contribution in [-0.4, -0.2) is 18.0 Å². The highest BCUT2D eigenvalue weighted by molar-refractivity contribution is 8.13. The molecule has 114 valence electrons. The average molecular weight is 349 g/mol. The Kier molecular flexibility index (Phi) is 5.13. The van der Waals surface area contributed by atoms with Crippen molar-refractivity contribution in [2.75, 3.05) is 0 Å². The number of benzene rings is 1. The zero-order chi connectivity index (χ0) is 15.5. The number of rotatable bonds is 6. The predicted octanol–water partition coefficient (Wildman–Crippen LogP) is 3.45. The summed E-state index contributed by atoms with van der Waals surface area (Å²) in [4.78, 5) is 3.92. The van der Waals surface area contributed by atoms with E-state index >= 15 is 0 Å². The molecule has 2 aromatic rings. The number of imidazole rings is 1. The molecule has 5 nitrogen and oxygen atoms in total. The van der Waals surface area contributed by atoms with Gasteiger partial charge in [-0.2, -0.15) is 0 Å². The molecule has 0 aliphatic rings. The molecule has 0 radical (unpaired) electrons. The van der Waals surface area contributed by atoms with Crippen molar-refractivity contribution in [1.29, 1.82) is 0 Å². The molecule has 0 fully saturated rings. The van der Waals surface area contributed by atoms with Crippen molar-refractivity contribution in [3.8, 4) is 5.75 Å². The van der Waals surface area contributed by atoms with Gasteiger partial charge in [0.25, 0.3) is 9.05 Å². The summed E-state index contributed by atoms with van der Waals surface area (Å²) in [7, 11) is 1.47. The van der Waals surface area contributed by atoms with Crippen molar-refractivity contribution in [1.82, 2.24) is 9.55 Å². The molecule has 0 aliphatic carbocycles. The molecular formula is C13H14Cl2N2O3S. The maximum absolute atomic E-state index is 11.5. The van der Waals surface area contributed by atoms with Crippen LogP contribution in [0.15, 0.2) is 35.6 Å². The third-order valence-electron chi connectivity index (χ3n) is 2.81. The van der Waals surface area contributed by atoms with Crippen LogP contribution in [0.1, 0.15) is 19.0 Å². The van der Waals surface area contributed by atoms with E-state index in [1.165, 1.54) is 12.1 Å². The summed E-state index contributed by atoms with van der Waals surface area (Å²) in [5.74, 6) is 0.165. The quantitative estimate of drug-likeness (QED) is 0.750. The first kappa shape index (κ1) is 16.1. The summed E-state index contributed by atoms with van der Waals surface area (Å²) in [5.41, 5.74) is 0.852. The van der Waals surface area contributed by atoms with Gasteiger partial charge in [0, 0.05) is 22.2 Å². The lowest BCUT2D eigenvalue weighted by molar-refractivity contribution is 0.287. The molecule has 0 saturated heterocycles. The largest absolute Gasteiger partial charge is 0.486 e. The van der Waals surface area contributed by atoms with Crippen molar-refractivity contribution in [3.05, 3.63) is 41.4 Å². The lowest BCUT2D eigenvalue weighted by atomic mass is 10.3. The van der Waals surface area contributed by atoms with Gasteiger partial charge in [-0.15, -0.1) is 0 Å². The Balaban J connectivity index is 2.22. The summed E-state index contributed by atoms with van der Waals surface area (Å²) in [6, 6.07) is 4.30. The van der Waals surface area contributed by atoms with Crippen LogP contribution >= 0.6 is 22.3 Å². The molecule has 8 heteroatoms. The average Bonchev–Trinajstić information content (AvgIpc) is 2.84. The highest BCUT2D eigenvalue weighted by Gasteiger charge is 2.18. The normalized spacial score (nSPS) is 11.6. The summed E-state index contributed by atoms with van der Waals surface area (Å²) in [5, 5.41) is 0.276. The number of aromatic nitrogens is 2. The lowest BCUT2D eigenvalue weighted by Crippen LogP contribution is -2.06. The van der Waals surface area contributed by atoms with Crippen LogP contribution in [0.5, 0.6) is 5.75 Å². The van der Waals surface area contributed by atoms with E-state index in [2.05, 4.69) is 11.9 Å². The van der Waals surface area contributed by atoms with Gasteiger partial charge in [-0.25, -0.2) is 13.4 Å². The fraction of sp³-hybridized carbons (Fsp3) is 0.308. The van der Waals surface area contributed by atoms with Crippen LogP contribution in [0.25, 0.3) is 0 Å². The summed E-state index contributed by atoms with van der Waals surface area (Å²) in [6.07, 6.45) is 4.36. The van der Waals surface area contributed by atoms with Crippen LogP contribution in [0.2, 0.25) is 5.02 Å². The van der Waals surface area contributed by atoms with Gasteiger partial charge in [-0.05, 0) is 24.6 Å². The first-order chi connectivity index (χ1) is 9.91. The predicted molar refractivity (Wildman–Crippen MR) is 81.3 cm³/mol. The minimum atomic E-state index is -3.93. The zero-order valence-corrected chi connectivity index (χ0v) is 13.6. The highest BCUT2D eigenvalue weighted by Crippen LogP contribution is 2.30. The Hall–Kier alpha value is -1.24. The molecule has 1 aromatic heterocycles. The van der Waals surface area contributed by atoms with Gasteiger partial charge in [0.05, 0.1) is 18.2 Å². The lowest BCUT2D eigenvalue weighted by Gasteiger charge is -2.11. The van der Waals surface area contributed by atoms with Gasteiger partial charge in [-0.1, -0.05) is 18.5 Å². The highest BCUT2D eigenvalue weighted by atomic mass is 35.7. The van der Waals surface area contributed by atoms with Gasteiger partial charge < -0.3 is 9.30 Å². The van der Waals surface area contributed by atoms with E-state index in [1.54, 1.807) is 18.6 Å².